The third-order valence-corrected chi connectivity index (χ3v) is 1.29. The van der Waals surface area contributed by atoms with E-state index in [9.17, 15) is 0 Å². The molecule has 1 saturated heterocycles. The smallest absolute Gasteiger partial charge is 0.0267 e. The van der Waals surface area contributed by atoms with Crippen molar-refractivity contribution in [1.82, 2.24) is 0 Å². The lowest BCUT2D eigenvalue weighted by atomic mass is 10.2. The highest BCUT2D eigenvalue weighted by Gasteiger charge is 1.92. The predicted molar refractivity (Wildman–Crippen MR) is 38.9 cm³/mol. The van der Waals surface area contributed by atoms with Gasteiger partial charge in [-0.2, -0.15) is 5.70 Å². The van der Waals surface area contributed by atoms with Crippen LogP contribution >= 0.6 is 0 Å². The molecule has 0 aromatic rings. The Hall–Kier alpha value is -0.790. The Bertz CT molecular complexity index is 139. The van der Waals surface area contributed by atoms with Crippen molar-refractivity contribution >= 4 is 5.71 Å². The van der Waals surface area contributed by atoms with E-state index in [0.717, 1.165) is 18.7 Å². The van der Waals surface area contributed by atoms with Crippen molar-refractivity contribution in [3.05, 3.63) is 17.1 Å². The zero-order valence-corrected chi connectivity index (χ0v) is 5.65. The van der Waals surface area contributed by atoms with Gasteiger partial charge >= 0.3 is 0 Å². The quantitative estimate of drug-likeness (QED) is 0.518. The van der Waals surface area contributed by atoms with Crippen molar-refractivity contribution in [3.8, 4) is 0 Å². The first-order valence-corrected chi connectivity index (χ1v) is 3.22. The molecule has 1 heterocycles. The van der Waals surface area contributed by atoms with Crippen molar-refractivity contribution in [3.63, 3.8) is 0 Å². The molecule has 1 aliphatic rings. The van der Waals surface area contributed by atoms with Gasteiger partial charge in [-0.3, -0.25) is 0 Å². The second-order valence-electron chi connectivity index (χ2n) is 2.30. The Morgan fingerprint density at radius 2 is 2.56 bits per heavy atom. The van der Waals surface area contributed by atoms with Gasteiger partial charge in [-0.15, -0.1) is 6.54 Å². The van der Waals surface area contributed by atoms with Crippen LogP contribution in [0.5, 0.6) is 0 Å². The summed E-state index contributed by atoms with van der Waals surface area (Å²) >= 11 is 0. The normalized spacial score (nSPS) is 22.1. The van der Waals surface area contributed by atoms with Crippen LogP contribution in [0.3, 0.4) is 0 Å². The van der Waals surface area contributed by atoms with E-state index in [-0.39, 0.29) is 0 Å². The van der Waals surface area contributed by atoms with Crippen LogP contribution in [-0.4, -0.2) is 12.3 Å². The maximum Gasteiger partial charge on any atom is 0.0267 e. The van der Waals surface area contributed by atoms with Gasteiger partial charge in [0.25, 0.3) is 0 Å². The summed E-state index contributed by atoms with van der Waals surface area (Å²) < 4.78 is 0. The largest absolute Gasteiger partial charge is 0.688 e. The summed E-state index contributed by atoms with van der Waals surface area (Å²) in [6.45, 7) is 2.74. The molecule has 50 valence electrons. The standard InChI is InChI=1S/C7H11N2/c1-6(8)5-7-3-2-4-9-7/h5,8H,2-4H2,1H3/q-1/b7-5+,8-6?. The lowest BCUT2D eigenvalue weighted by Crippen LogP contribution is -1.81. The average molecular weight is 123 g/mol. The minimum absolute atomic E-state index is 0.607. The first-order chi connectivity index (χ1) is 4.29. The van der Waals surface area contributed by atoms with E-state index in [2.05, 4.69) is 5.32 Å². The molecule has 1 N–H and O–H groups in total. The molecule has 0 aliphatic carbocycles. The van der Waals surface area contributed by atoms with Gasteiger partial charge in [-0.25, -0.2) is 0 Å². The van der Waals surface area contributed by atoms with E-state index in [1.165, 1.54) is 6.42 Å². The molecule has 2 heteroatoms. The molecule has 1 aliphatic heterocycles. The van der Waals surface area contributed by atoms with E-state index in [1.54, 1.807) is 6.92 Å². The van der Waals surface area contributed by atoms with Crippen molar-refractivity contribution in [1.29, 1.82) is 5.41 Å². The van der Waals surface area contributed by atoms with Gasteiger partial charge in [0, 0.05) is 5.71 Å². The van der Waals surface area contributed by atoms with Crippen LogP contribution in [0, 0.1) is 5.41 Å². The van der Waals surface area contributed by atoms with E-state index < -0.39 is 0 Å². The van der Waals surface area contributed by atoms with Crippen LogP contribution in [0.25, 0.3) is 5.32 Å². The molecule has 0 amide bonds. The third kappa shape index (κ3) is 1.88. The summed E-state index contributed by atoms with van der Waals surface area (Å²) in [5.41, 5.74) is 1.71. The van der Waals surface area contributed by atoms with Gasteiger partial charge in [0.05, 0.1) is 0 Å². The Morgan fingerprint density at radius 1 is 1.78 bits per heavy atom. The predicted octanol–water partition coefficient (Wildman–Crippen LogP) is 2.08. The van der Waals surface area contributed by atoms with Crippen LogP contribution in [-0.2, 0) is 0 Å². The van der Waals surface area contributed by atoms with E-state index in [1.807, 2.05) is 6.08 Å². The zero-order valence-electron chi connectivity index (χ0n) is 5.65. The fraction of sp³-hybridized carbons (Fsp3) is 0.571. The van der Waals surface area contributed by atoms with Crippen LogP contribution in [0.4, 0.5) is 0 Å². The van der Waals surface area contributed by atoms with E-state index >= 15 is 0 Å². The molecule has 0 aromatic heterocycles. The number of allylic oxidation sites excluding steroid dienone is 2. The number of rotatable bonds is 1. The van der Waals surface area contributed by atoms with Gasteiger partial charge in [0.1, 0.15) is 0 Å². The molecule has 0 unspecified atom stereocenters. The van der Waals surface area contributed by atoms with Crippen LogP contribution < -0.4 is 0 Å². The monoisotopic (exact) mass is 123 g/mol. The summed E-state index contributed by atoms with van der Waals surface area (Å²) in [7, 11) is 0. The fourth-order valence-corrected chi connectivity index (χ4v) is 0.930. The highest BCUT2D eigenvalue weighted by atomic mass is 14.9. The zero-order chi connectivity index (χ0) is 6.69. The van der Waals surface area contributed by atoms with Crippen molar-refractivity contribution in [2.45, 2.75) is 19.8 Å². The van der Waals surface area contributed by atoms with Gasteiger partial charge in [-0.1, -0.05) is 18.9 Å². The first-order valence-electron chi connectivity index (χ1n) is 3.22. The molecule has 1 rings (SSSR count). The number of hydrogen-bond acceptors (Lipinski definition) is 1. The molecule has 0 aromatic carbocycles. The minimum atomic E-state index is 0.607. The summed E-state index contributed by atoms with van der Waals surface area (Å²) in [6, 6.07) is 0. The fourth-order valence-electron chi connectivity index (χ4n) is 0.930. The van der Waals surface area contributed by atoms with Crippen LogP contribution in [0.2, 0.25) is 0 Å². The summed E-state index contributed by atoms with van der Waals surface area (Å²) in [4.78, 5) is 0. The Balaban J connectivity index is 2.49. The van der Waals surface area contributed by atoms with Crippen LogP contribution in [0.1, 0.15) is 19.8 Å². The highest BCUT2D eigenvalue weighted by molar-refractivity contribution is 5.91. The molecule has 2 nitrogen and oxygen atoms in total. The second kappa shape index (κ2) is 2.67. The second-order valence-corrected chi connectivity index (χ2v) is 2.30. The maximum absolute atomic E-state index is 7.12. The SMILES string of the molecule is CC(=N)/C=C1\CCC[N-]1. The molecule has 0 spiro atoms. The molecule has 9 heavy (non-hydrogen) atoms. The molecule has 1 fully saturated rings. The minimum Gasteiger partial charge on any atom is -0.688 e. The Kier molecular flexibility index (Phi) is 1.88. The van der Waals surface area contributed by atoms with Gasteiger partial charge in [0.15, 0.2) is 0 Å². The topological polar surface area (TPSA) is 38.0 Å². The molecular weight excluding hydrogens is 112 g/mol. The number of nitrogens with zero attached hydrogens (tertiary/aromatic N) is 1. The first kappa shape index (κ1) is 6.33. The molecule has 0 atom stereocenters. The molecule has 0 bridgehead atoms. The maximum atomic E-state index is 7.12. The van der Waals surface area contributed by atoms with Gasteiger partial charge in [0.2, 0.25) is 0 Å². The lowest BCUT2D eigenvalue weighted by molar-refractivity contribution is 0.988. The number of hydrogen-bond donors (Lipinski definition) is 1. The van der Waals surface area contributed by atoms with E-state index in [4.69, 9.17) is 5.41 Å². The average Bonchev–Trinajstić information content (AvgIpc) is 2.15. The lowest BCUT2D eigenvalue weighted by Gasteiger charge is -2.11. The molecule has 0 saturated carbocycles. The number of nitrogens with one attached hydrogen (secondary N) is 1. The summed E-state index contributed by atoms with van der Waals surface area (Å²) in [5, 5.41) is 11.3. The molecular formula is C7H11N2-. The summed E-state index contributed by atoms with van der Waals surface area (Å²) in [5.74, 6) is 0. The van der Waals surface area contributed by atoms with Crippen molar-refractivity contribution < 1.29 is 0 Å². The highest BCUT2D eigenvalue weighted by Crippen LogP contribution is 2.21. The summed E-state index contributed by atoms with van der Waals surface area (Å²) in [6.07, 6.45) is 4.07. The van der Waals surface area contributed by atoms with Crippen LogP contribution in [0.15, 0.2) is 11.8 Å². The van der Waals surface area contributed by atoms with Gasteiger partial charge < -0.3 is 10.7 Å². The van der Waals surface area contributed by atoms with Crippen molar-refractivity contribution in [2.75, 3.05) is 6.54 Å². The van der Waals surface area contributed by atoms with E-state index in [0.29, 0.717) is 5.71 Å². The molecule has 0 radical (unpaired) electrons. The third-order valence-electron chi connectivity index (χ3n) is 1.29. The van der Waals surface area contributed by atoms with Gasteiger partial charge in [-0.05, 0) is 6.92 Å². The Labute approximate surface area is 55.5 Å². The van der Waals surface area contributed by atoms with Crippen molar-refractivity contribution in [2.24, 2.45) is 0 Å². The Morgan fingerprint density at radius 3 is 3.00 bits per heavy atom.